The number of ether oxygens (including phenoxy) is 1. The van der Waals surface area contributed by atoms with Crippen LogP contribution >= 0.6 is 0 Å². The molecule has 0 aromatic carbocycles. The van der Waals surface area contributed by atoms with Gasteiger partial charge in [0.05, 0.1) is 0 Å². The van der Waals surface area contributed by atoms with Gasteiger partial charge in [-0.15, -0.1) is 0 Å². The van der Waals surface area contributed by atoms with Gasteiger partial charge in [-0.3, -0.25) is 0 Å². The highest BCUT2D eigenvalue weighted by Crippen LogP contribution is 2.33. The molecule has 0 aromatic heterocycles. The Hall–Kier alpha value is -0.0800. The van der Waals surface area contributed by atoms with Crippen molar-refractivity contribution in [2.24, 2.45) is 5.92 Å². The molecule has 0 spiro atoms. The van der Waals surface area contributed by atoms with E-state index < -0.39 is 0 Å². The van der Waals surface area contributed by atoms with Gasteiger partial charge in [0.2, 0.25) is 0 Å². The van der Waals surface area contributed by atoms with E-state index in [-0.39, 0.29) is 0 Å². The van der Waals surface area contributed by atoms with Crippen molar-refractivity contribution in [3.05, 3.63) is 0 Å². The Labute approximate surface area is 49.2 Å². The van der Waals surface area contributed by atoms with Crippen LogP contribution in [0.5, 0.6) is 0 Å². The summed E-state index contributed by atoms with van der Waals surface area (Å²) >= 11 is 0. The van der Waals surface area contributed by atoms with Gasteiger partial charge in [0.15, 0.2) is 6.23 Å². The molecule has 2 heteroatoms. The van der Waals surface area contributed by atoms with Crippen LogP contribution in [-0.2, 0) is 4.74 Å². The number of fused-ring (bicyclic) bond motifs is 1. The average Bonchev–Trinajstić information content (AvgIpc) is 2.45. The normalized spacial score (nSPS) is 52.9. The number of hydrogen-bond donors (Lipinski definition) is 0. The van der Waals surface area contributed by atoms with E-state index in [0.717, 1.165) is 12.5 Å². The van der Waals surface area contributed by atoms with Crippen LogP contribution in [0.4, 0.5) is 0 Å². The molecule has 2 aliphatic rings. The molecule has 2 saturated heterocycles. The summed E-state index contributed by atoms with van der Waals surface area (Å²) in [6, 6.07) is 0. The van der Waals surface area contributed by atoms with Gasteiger partial charge in [-0.05, 0) is 12.3 Å². The van der Waals surface area contributed by atoms with Crippen molar-refractivity contribution in [1.29, 1.82) is 0 Å². The minimum atomic E-state index is 0.304. The zero-order valence-electron chi connectivity index (χ0n) is 5.00. The molecule has 0 aromatic rings. The molecule has 1 radical (unpaired) electrons. The highest BCUT2D eigenvalue weighted by Gasteiger charge is 2.46. The molecule has 3 unspecified atom stereocenters. The molecule has 3 atom stereocenters. The first-order valence-corrected chi connectivity index (χ1v) is 3.20. The Balaban J connectivity index is 1.99. The molecule has 0 amide bonds. The van der Waals surface area contributed by atoms with Crippen LogP contribution in [0.15, 0.2) is 0 Å². The zero-order valence-corrected chi connectivity index (χ0v) is 5.00. The number of epoxide rings is 1. The van der Waals surface area contributed by atoms with Gasteiger partial charge < -0.3 is 4.74 Å². The SMILES string of the molecule is CC1CC[N]C2OC12. The smallest absolute Gasteiger partial charge is 0.150 e. The zero-order chi connectivity index (χ0) is 5.56. The highest BCUT2D eigenvalue weighted by atomic mass is 16.6. The molecule has 0 saturated carbocycles. The van der Waals surface area contributed by atoms with Crippen molar-refractivity contribution in [1.82, 2.24) is 5.32 Å². The molecule has 45 valence electrons. The maximum Gasteiger partial charge on any atom is 0.150 e. The van der Waals surface area contributed by atoms with Crippen molar-refractivity contribution in [3.63, 3.8) is 0 Å². The Bertz CT molecular complexity index is 105. The first kappa shape index (κ1) is 4.77. The van der Waals surface area contributed by atoms with Gasteiger partial charge in [0.1, 0.15) is 6.10 Å². The second-order valence-corrected chi connectivity index (χ2v) is 2.66. The summed E-state index contributed by atoms with van der Waals surface area (Å²) < 4.78 is 5.22. The van der Waals surface area contributed by atoms with E-state index in [0.29, 0.717) is 12.3 Å². The van der Waals surface area contributed by atoms with Crippen LogP contribution in [0.25, 0.3) is 0 Å². The first-order chi connectivity index (χ1) is 3.88. The lowest BCUT2D eigenvalue weighted by Crippen LogP contribution is -2.24. The first-order valence-electron chi connectivity index (χ1n) is 3.20. The fourth-order valence-corrected chi connectivity index (χ4v) is 1.25. The number of nitrogens with zero attached hydrogens (tertiary/aromatic N) is 1. The molecule has 2 aliphatic heterocycles. The molecular weight excluding hydrogens is 102 g/mol. The van der Waals surface area contributed by atoms with Gasteiger partial charge >= 0.3 is 0 Å². The van der Waals surface area contributed by atoms with Crippen LogP contribution in [0.2, 0.25) is 0 Å². The minimum absolute atomic E-state index is 0.304. The summed E-state index contributed by atoms with van der Waals surface area (Å²) in [5, 5.41) is 4.23. The third-order valence-corrected chi connectivity index (χ3v) is 1.96. The summed E-state index contributed by atoms with van der Waals surface area (Å²) in [6.07, 6.45) is 2.03. The summed E-state index contributed by atoms with van der Waals surface area (Å²) in [6.45, 7) is 3.25. The monoisotopic (exact) mass is 112 g/mol. The van der Waals surface area contributed by atoms with Crippen molar-refractivity contribution < 1.29 is 4.74 Å². The lowest BCUT2D eigenvalue weighted by Gasteiger charge is -2.10. The Morgan fingerprint density at radius 3 is 3.12 bits per heavy atom. The molecule has 2 rings (SSSR count). The summed E-state index contributed by atoms with van der Waals surface area (Å²) in [5.74, 6) is 0.762. The second-order valence-electron chi connectivity index (χ2n) is 2.66. The third kappa shape index (κ3) is 0.565. The van der Waals surface area contributed by atoms with Crippen LogP contribution < -0.4 is 5.32 Å². The van der Waals surface area contributed by atoms with Gasteiger partial charge in [0, 0.05) is 6.54 Å². The Morgan fingerprint density at radius 2 is 2.50 bits per heavy atom. The fourth-order valence-electron chi connectivity index (χ4n) is 1.25. The third-order valence-electron chi connectivity index (χ3n) is 1.96. The van der Waals surface area contributed by atoms with Crippen molar-refractivity contribution >= 4 is 0 Å². The van der Waals surface area contributed by atoms with E-state index in [9.17, 15) is 0 Å². The largest absolute Gasteiger partial charge is 0.351 e. The van der Waals surface area contributed by atoms with Gasteiger partial charge in [-0.1, -0.05) is 6.92 Å². The van der Waals surface area contributed by atoms with E-state index in [1.165, 1.54) is 6.42 Å². The predicted molar refractivity (Wildman–Crippen MR) is 29.4 cm³/mol. The molecule has 8 heavy (non-hydrogen) atoms. The van der Waals surface area contributed by atoms with Gasteiger partial charge in [-0.25, -0.2) is 5.32 Å². The number of hydrogen-bond acceptors (Lipinski definition) is 1. The van der Waals surface area contributed by atoms with Crippen LogP contribution in [0, 0.1) is 5.92 Å². The maximum atomic E-state index is 5.22. The average molecular weight is 112 g/mol. The molecule has 0 aliphatic carbocycles. The maximum absolute atomic E-state index is 5.22. The summed E-state index contributed by atoms with van der Waals surface area (Å²) in [7, 11) is 0. The predicted octanol–water partition coefficient (Wildman–Crippen LogP) is 0.355. The van der Waals surface area contributed by atoms with E-state index in [1.807, 2.05) is 0 Å². The van der Waals surface area contributed by atoms with Gasteiger partial charge in [0.25, 0.3) is 0 Å². The molecular formula is C6H10NO. The summed E-state index contributed by atoms with van der Waals surface area (Å²) in [5.41, 5.74) is 0. The standard InChI is InChI=1S/C6H10NO/c1-4-2-3-7-6-5(4)8-6/h4-6H,2-3H2,1H3. The quantitative estimate of drug-likeness (QED) is 0.415. The van der Waals surface area contributed by atoms with Crippen molar-refractivity contribution in [2.45, 2.75) is 25.7 Å². The van der Waals surface area contributed by atoms with Crippen molar-refractivity contribution in [2.75, 3.05) is 6.54 Å². The molecule has 2 nitrogen and oxygen atoms in total. The van der Waals surface area contributed by atoms with Gasteiger partial charge in [-0.2, -0.15) is 0 Å². The lowest BCUT2D eigenvalue weighted by atomic mass is 10.0. The molecule has 2 heterocycles. The molecule has 2 fully saturated rings. The summed E-state index contributed by atoms with van der Waals surface area (Å²) in [4.78, 5) is 0. The second kappa shape index (κ2) is 1.45. The highest BCUT2D eigenvalue weighted by molar-refractivity contribution is 4.90. The number of piperidine rings is 1. The minimum Gasteiger partial charge on any atom is -0.351 e. The van der Waals surface area contributed by atoms with Crippen LogP contribution in [0.3, 0.4) is 0 Å². The van der Waals surface area contributed by atoms with Crippen LogP contribution in [-0.4, -0.2) is 18.9 Å². The Morgan fingerprint density at radius 1 is 1.62 bits per heavy atom. The number of rotatable bonds is 0. The molecule has 0 bridgehead atoms. The van der Waals surface area contributed by atoms with Crippen LogP contribution in [0.1, 0.15) is 13.3 Å². The van der Waals surface area contributed by atoms with E-state index in [2.05, 4.69) is 12.2 Å². The Kier molecular flexibility index (Phi) is 0.866. The topological polar surface area (TPSA) is 26.6 Å². The van der Waals surface area contributed by atoms with E-state index >= 15 is 0 Å². The fraction of sp³-hybridized carbons (Fsp3) is 1.00. The van der Waals surface area contributed by atoms with E-state index in [1.54, 1.807) is 0 Å². The lowest BCUT2D eigenvalue weighted by molar-refractivity contribution is 0.334. The van der Waals surface area contributed by atoms with E-state index in [4.69, 9.17) is 4.74 Å². The van der Waals surface area contributed by atoms with Crippen molar-refractivity contribution in [3.8, 4) is 0 Å². The molecule has 0 N–H and O–H groups in total.